The van der Waals surface area contributed by atoms with Crippen molar-refractivity contribution < 1.29 is 24.6 Å². The molecule has 0 aliphatic heterocycles. The molecule has 0 bridgehead atoms. The highest BCUT2D eigenvalue weighted by molar-refractivity contribution is 5.93. The Bertz CT molecular complexity index is 956. The summed E-state index contributed by atoms with van der Waals surface area (Å²) in [6, 6.07) is 13.6. The van der Waals surface area contributed by atoms with Gasteiger partial charge in [-0.3, -0.25) is 14.8 Å². The second-order valence-corrected chi connectivity index (χ2v) is 7.97. The number of aromatic hydroxyl groups is 1. The van der Waals surface area contributed by atoms with Gasteiger partial charge in [-0.05, 0) is 55.4 Å². The molecule has 1 fully saturated rings. The van der Waals surface area contributed by atoms with Gasteiger partial charge in [0.05, 0.1) is 17.9 Å². The van der Waals surface area contributed by atoms with Crippen molar-refractivity contribution in [1.29, 1.82) is 0 Å². The van der Waals surface area contributed by atoms with Gasteiger partial charge in [0, 0.05) is 11.5 Å². The Balaban J connectivity index is 1.64. The summed E-state index contributed by atoms with van der Waals surface area (Å²) in [5.74, 6) is -1.26. The zero-order chi connectivity index (χ0) is 20.6. The van der Waals surface area contributed by atoms with Crippen LogP contribution in [0.1, 0.15) is 47.9 Å². The third-order valence-electron chi connectivity index (χ3n) is 6.30. The number of carbonyl (C=O) groups excluding carboxylic acids is 2. The van der Waals surface area contributed by atoms with Crippen molar-refractivity contribution >= 4 is 11.9 Å². The van der Waals surface area contributed by atoms with Crippen molar-refractivity contribution in [2.24, 2.45) is 11.3 Å². The Kier molecular flexibility index (Phi) is 5.04. The minimum atomic E-state index is -0.968. The quantitative estimate of drug-likeness (QED) is 0.397. The molecule has 1 amide bonds. The summed E-state index contributed by atoms with van der Waals surface area (Å²) >= 11 is 0. The second kappa shape index (κ2) is 7.52. The van der Waals surface area contributed by atoms with E-state index in [2.05, 4.69) is 12.1 Å². The molecule has 6 heteroatoms. The van der Waals surface area contributed by atoms with Crippen LogP contribution in [-0.2, 0) is 27.2 Å². The van der Waals surface area contributed by atoms with Crippen LogP contribution in [0.5, 0.6) is 5.75 Å². The van der Waals surface area contributed by atoms with Crippen LogP contribution in [0, 0.1) is 11.3 Å². The van der Waals surface area contributed by atoms with Crippen molar-refractivity contribution in [3.05, 3.63) is 64.7 Å². The first-order chi connectivity index (χ1) is 14.0. The number of benzene rings is 2. The molecule has 0 radical (unpaired) electrons. The van der Waals surface area contributed by atoms with Crippen molar-refractivity contribution in [3.63, 3.8) is 0 Å². The van der Waals surface area contributed by atoms with Gasteiger partial charge in [0.1, 0.15) is 5.75 Å². The number of ether oxygens (including phenoxy) is 1. The van der Waals surface area contributed by atoms with Crippen molar-refractivity contribution in [2.75, 3.05) is 6.61 Å². The lowest BCUT2D eigenvalue weighted by Crippen LogP contribution is -2.30. The first-order valence-corrected chi connectivity index (χ1v) is 10.0. The number of aryl methyl sites for hydroxylation is 1. The van der Waals surface area contributed by atoms with E-state index in [1.807, 2.05) is 18.2 Å². The molecule has 0 heterocycles. The maximum Gasteiger partial charge on any atom is 0.313 e. The molecule has 152 valence electrons. The van der Waals surface area contributed by atoms with E-state index < -0.39 is 23.2 Å². The lowest BCUT2D eigenvalue weighted by atomic mass is 9.87. The zero-order valence-electron chi connectivity index (χ0n) is 16.4. The first kappa shape index (κ1) is 19.5. The highest BCUT2D eigenvalue weighted by Gasteiger charge is 2.64. The Hall–Kier alpha value is -2.86. The summed E-state index contributed by atoms with van der Waals surface area (Å²) in [6.45, 7) is 1.96. The van der Waals surface area contributed by atoms with Crippen LogP contribution in [0.2, 0.25) is 0 Å². The van der Waals surface area contributed by atoms with Crippen LogP contribution >= 0.6 is 0 Å². The topological polar surface area (TPSA) is 95.9 Å². The maximum absolute atomic E-state index is 12.6. The van der Waals surface area contributed by atoms with Gasteiger partial charge >= 0.3 is 5.97 Å². The molecule has 0 spiro atoms. The smallest absolute Gasteiger partial charge is 0.313 e. The van der Waals surface area contributed by atoms with Crippen LogP contribution in [0.15, 0.2) is 42.5 Å². The summed E-state index contributed by atoms with van der Waals surface area (Å²) in [5.41, 5.74) is 4.92. The van der Waals surface area contributed by atoms with Crippen LogP contribution < -0.4 is 5.48 Å². The van der Waals surface area contributed by atoms with Crippen molar-refractivity contribution in [3.8, 4) is 5.75 Å². The average Bonchev–Trinajstić information content (AvgIpc) is 3.30. The van der Waals surface area contributed by atoms with Gasteiger partial charge in [-0.1, -0.05) is 36.4 Å². The van der Waals surface area contributed by atoms with Gasteiger partial charge in [-0.2, -0.15) is 0 Å². The molecule has 0 saturated heterocycles. The molecule has 29 heavy (non-hydrogen) atoms. The number of phenolic OH excluding ortho intramolecular Hbond substituents is 1. The van der Waals surface area contributed by atoms with E-state index in [-0.39, 0.29) is 18.3 Å². The molecule has 2 aliphatic rings. The van der Waals surface area contributed by atoms with Gasteiger partial charge in [0.2, 0.25) is 5.91 Å². The van der Waals surface area contributed by atoms with E-state index in [0.29, 0.717) is 12.8 Å². The minimum absolute atomic E-state index is 0.112. The summed E-state index contributed by atoms with van der Waals surface area (Å²) in [5, 5.41) is 19.5. The molecule has 4 rings (SSSR count). The van der Waals surface area contributed by atoms with Gasteiger partial charge in [0.15, 0.2) is 0 Å². The van der Waals surface area contributed by atoms with E-state index in [1.54, 1.807) is 24.5 Å². The number of rotatable bonds is 6. The standard InChI is InChI=1S/C23H25NO5/c1-2-29-22(27)23(13-19(23)21(26)24-28)12-14-7-10-20(25)18(11-14)17-9-8-15-5-3-4-6-16(15)17/h3-7,10-11,17,19,25,28H,2,8-9,12-13H2,1H3,(H,24,26)/t17?,19-,23+/m1/s1. The number of fused-ring (bicyclic) bond motifs is 1. The van der Waals surface area contributed by atoms with E-state index in [4.69, 9.17) is 9.94 Å². The largest absolute Gasteiger partial charge is 0.508 e. The highest BCUT2D eigenvalue weighted by atomic mass is 16.5. The lowest BCUT2D eigenvalue weighted by Gasteiger charge is -2.19. The van der Waals surface area contributed by atoms with Gasteiger partial charge < -0.3 is 9.84 Å². The van der Waals surface area contributed by atoms with Gasteiger partial charge in [-0.15, -0.1) is 0 Å². The summed E-state index contributed by atoms with van der Waals surface area (Å²) in [6.07, 6.45) is 2.55. The van der Waals surface area contributed by atoms with Crippen LogP contribution in [-0.4, -0.2) is 28.8 Å². The predicted molar refractivity (Wildman–Crippen MR) is 106 cm³/mol. The molecule has 1 unspecified atom stereocenters. The maximum atomic E-state index is 12.6. The van der Waals surface area contributed by atoms with E-state index >= 15 is 0 Å². The van der Waals surface area contributed by atoms with Gasteiger partial charge in [0.25, 0.3) is 0 Å². The molecule has 2 aromatic carbocycles. The van der Waals surface area contributed by atoms with Crippen LogP contribution in [0.4, 0.5) is 0 Å². The third kappa shape index (κ3) is 3.38. The molecule has 3 N–H and O–H groups in total. The molecule has 1 saturated carbocycles. The number of carbonyl (C=O) groups is 2. The molecular formula is C23H25NO5. The Morgan fingerprint density at radius 3 is 2.76 bits per heavy atom. The van der Waals surface area contributed by atoms with E-state index in [0.717, 1.165) is 24.0 Å². The fraction of sp³-hybridized carbons (Fsp3) is 0.391. The van der Waals surface area contributed by atoms with Crippen molar-refractivity contribution in [1.82, 2.24) is 5.48 Å². The molecule has 6 nitrogen and oxygen atoms in total. The molecule has 2 aliphatic carbocycles. The lowest BCUT2D eigenvalue weighted by molar-refractivity contribution is -0.152. The highest BCUT2D eigenvalue weighted by Crippen LogP contribution is 2.56. The van der Waals surface area contributed by atoms with Crippen LogP contribution in [0.25, 0.3) is 0 Å². The third-order valence-corrected chi connectivity index (χ3v) is 6.30. The monoisotopic (exact) mass is 395 g/mol. The zero-order valence-corrected chi connectivity index (χ0v) is 16.4. The molecule has 3 atom stereocenters. The average molecular weight is 395 g/mol. The molecular weight excluding hydrogens is 370 g/mol. The Morgan fingerprint density at radius 1 is 1.21 bits per heavy atom. The predicted octanol–water partition coefficient (Wildman–Crippen LogP) is 3.09. The number of esters is 1. The summed E-state index contributed by atoms with van der Waals surface area (Å²) in [7, 11) is 0. The number of amides is 1. The molecule has 2 aromatic rings. The number of hydroxylamine groups is 1. The summed E-state index contributed by atoms with van der Waals surface area (Å²) < 4.78 is 5.22. The SMILES string of the molecule is CCOC(=O)[C@@]1(Cc2ccc(O)c(C3CCc4ccccc43)c2)C[C@@H]1C(=O)NO. The van der Waals surface area contributed by atoms with E-state index in [9.17, 15) is 14.7 Å². The first-order valence-electron chi connectivity index (χ1n) is 10.0. The second-order valence-electron chi connectivity index (χ2n) is 7.97. The normalized spacial score (nSPS) is 24.6. The van der Waals surface area contributed by atoms with Crippen LogP contribution in [0.3, 0.4) is 0 Å². The number of hydrogen-bond donors (Lipinski definition) is 3. The summed E-state index contributed by atoms with van der Waals surface area (Å²) in [4.78, 5) is 24.5. The number of hydrogen-bond acceptors (Lipinski definition) is 5. The van der Waals surface area contributed by atoms with E-state index in [1.165, 1.54) is 11.1 Å². The van der Waals surface area contributed by atoms with Crippen molar-refractivity contribution in [2.45, 2.75) is 38.5 Å². The van der Waals surface area contributed by atoms with Gasteiger partial charge in [-0.25, -0.2) is 5.48 Å². The fourth-order valence-corrected chi connectivity index (χ4v) is 4.73. The minimum Gasteiger partial charge on any atom is -0.508 e. The Morgan fingerprint density at radius 2 is 2.00 bits per heavy atom. The molecule has 0 aromatic heterocycles. The Labute approximate surface area is 169 Å². The number of nitrogens with one attached hydrogen (secondary N) is 1. The fourth-order valence-electron chi connectivity index (χ4n) is 4.73. The number of phenols is 1.